The van der Waals surface area contributed by atoms with E-state index in [0.29, 0.717) is 5.95 Å². The van der Waals surface area contributed by atoms with E-state index in [4.69, 9.17) is 5.11 Å². The Bertz CT molecular complexity index is 428. The summed E-state index contributed by atoms with van der Waals surface area (Å²) in [5.74, 6) is -0.227. The highest BCUT2D eigenvalue weighted by atomic mass is 16.4. The average molecular weight is 249 g/mol. The number of aromatic nitrogens is 2. The van der Waals surface area contributed by atoms with Gasteiger partial charge in [-0.3, -0.25) is 4.79 Å². The highest BCUT2D eigenvalue weighted by Crippen LogP contribution is 2.33. The van der Waals surface area contributed by atoms with Gasteiger partial charge in [-0.15, -0.1) is 0 Å². The first-order valence-corrected chi connectivity index (χ1v) is 6.39. The van der Waals surface area contributed by atoms with Crippen LogP contribution < -0.4 is 5.32 Å². The van der Waals surface area contributed by atoms with Crippen LogP contribution in [0.5, 0.6) is 0 Å². The van der Waals surface area contributed by atoms with E-state index in [1.165, 1.54) is 6.42 Å². The van der Waals surface area contributed by atoms with Crippen LogP contribution in [-0.4, -0.2) is 26.6 Å². The Balaban J connectivity index is 2.16. The molecule has 0 saturated heterocycles. The molecule has 0 atom stereocenters. The van der Waals surface area contributed by atoms with E-state index in [1.54, 1.807) is 6.20 Å². The summed E-state index contributed by atoms with van der Waals surface area (Å²) in [6, 6.07) is 1.83. The monoisotopic (exact) mass is 249 g/mol. The van der Waals surface area contributed by atoms with E-state index in [0.717, 1.165) is 31.4 Å². The molecule has 5 nitrogen and oxygen atoms in total. The Kier molecular flexibility index (Phi) is 3.79. The number of rotatable bonds is 4. The first kappa shape index (κ1) is 12.8. The molecule has 0 bridgehead atoms. The zero-order chi connectivity index (χ0) is 13.0. The predicted molar refractivity (Wildman–Crippen MR) is 68.5 cm³/mol. The van der Waals surface area contributed by atoms with Gasteiger partial charge in [-0.1, -0.05) is 19.3 Å². The van der Waals surface area contributed by atoms with Crippen molar-refractivity contribution in [1.82, 2.24) is 9.97 Å². The summed E-state index contributed by atoms with van der Waals surface area (Å²) >= 11 is 0. The molecule has 0 radical (unpaired) electrons. The number of nitrogens with one attached hydrogen (secondary N) is 1. The molecule has 1 aromatic rings. The minimum absolute atomic E-state index is 0.129. The maximum atomic E-state index is 11.0. The number of carboxylic acid groups (broad SMARTS) is 1. The number of aliphatic carboxylic acids is 1. The van der Waals surface area contributed by atoms with Gasteiger partial charge < -0.3 is 10.4 Å². The van der Waals surface area contributed by atoms with Gasteiger partial charge in [0.1, 0.15) is 0 Å². The van der Waals surface area contributed by atoms with Crippen molar-refractivity contribution in [3.05, 3.63) is 18.0 Å². The van der Waals surface area contributed by atoms with Crippen LogP contribution in [0.2, 0.25) is 0 Å². The van der Waals surface area contributed by atoms with Gasteiger partial charge in [-0.25, -0.2) is 9.97 Å². The molecule has 1 saturated carbocycles. The lowest BCUT2D eigenvalue weighted by Crippen LogP contribution is -2.42. The van der Waals surface area contributed by atoms with Crippen LogP contribution in [-0.2, 0) is 4.79 Å². The van der Waals surface area contributed by atoms with Crippen LogP contribution in [0.3, 0.4) is 0 Å². The number of anilines is 1. The Hall–Kier alpha value is -1.65. The highest BCUT2D eigenvalue weighted by molar-refractivity contribution is 5.69. The van der Waals surface area contributed by atoms with Crippen LogP contribution >= 0.6 is 0 Å². The third-order valence-corrected chi connectivity index (χ3v) is 3.47. The van der Waals surface area contributed by atoms with E-state index >= 15 is 0 Å². The fraction of sp³-hybridized carbons (Fsp3) is 0.615. The van der Waals surface area contributed by atoms with Gasteiger partial charge in [0.05, 0.1) is 12.0 Å². The third-order valence-electron chi connectivity index (χ3n) is 3.47. The van der Waals surface area contributed by atoms with E-state index < -0.39 is 5.97 Å². The standard InChI is InChI=1S/C13H19N3O2/c1-10-5-8-14-12(15-10)16-13(9-11(17)18)6-3-2-4-7-13/h5,8H,2-4,6-7,9H2,1H3,(H,17,18)(H,14,15,16). The minimum Gasteiger partial charge on any atom is -0.481 e. The molecule has 0 aliphatic heterocycles. The minimum atomic E-state index is -0.767. The van der Waals surface area contributed by atoms with Gasteiger partial charge in [0.15, 0.2) is 0 Å². The van der Waals surface area contributed by atoms with Crippen LogP contribution in [0.25, 0.3) is 0 Å². The Morgan fingerprint density at radius 3 is 2.78 bits per heavy atom. The SMILES string of the molecule is Cc1ccnc(NC2(CC(=O)O)CCCCC2)n1. The Morgan fingerprint density at radius 1 is 1.44 bits per heavy atom. The predicted octanol–water partition coefficient (Wildman–Crippen LogP) is 2.37. The zero-order valence-corrected chi connectivity index (χ0v) is 10.6. The second-order valence-electron chi connectivity index (χ2n) is 5.06. The van der Waals surface area contributed by atoms with Gasteiger partial charge in [-0.2, -0.15) is 0 Å². The largest absolute Gasteiger partial charge is 0.481 e. The first-order valence-electron chi connectivity index (χ1n) is 6.39. The summed E-state index contributed by atoms with van der Waals surface area (Å²) in [7, 11) is 0. The second-order valence-corrected chi connectivity index (χ2v) is 5.06. The molecule has 1 aliphatic rings. The molecule has 0 amide bonds. The zero-order valence-electron chi connectivity index (χ0n) is 10.6. The molecular weight excluding hydrogens is 230 g/mol. The van der Waals surface area contributed by atoms with Gasteiger partial charge >= 0.3 is 5.97 Å². The molecule has 0 unspecified atom stereocenters. The van der Waals surface area contributed by atoms with Crippen molar-refractivity contribution >= 4 is 11.9 Å². The maximum absolute atomic E-state index is 11.0. The van der Waals surface area contributed by atoms with Crippen LogP contribution in [0, 0.1) is 6.92 Å². The first-order chi connectivity index (χ1) is 8.60. The fourth-order valence-electron chi connectivity index (χ4n) is 2.61. The van der Waals surface area contributed by atoms with Crippen LogP contribution in [0.4, 0.5) is 5.95 Å². The molecule has 0 spiro atoms. The summed E-state index contributed by atoms with van der Waals surface area (Å²) in [5.41, 5.74) is 0.506. The van der Waals surface area contributed by atoms with Crippen molar-refractivity contribution in [3.63, 3.8) is 0 Å². The summed E-state index contributed by atoms with van der Waals surface area (Å²) in [5, 5.41) is 12.3. The van der Waals surface area contributed by atoms with Crippen molar-refractivity contribution in [2.45, 2.75) is 51.0 Å². The molecule has 1 aromatic heterocycles. The van der Waals surface area contributed by atoms with Gasteiger partial charge in [0.25, 0.3) is 0 Å². The van der Waals surface area contributed by atoms with Crippen molar-refractivity contribution in [3.8, 4) is 0 Å². The molecule has 2 rings (SSSR count). The topological polar surface area (TPSA) is 75.1 Å². The summed E-state index contributed by atoms with van der Waals surface area (Å²) in [4.78, 5) is 19.5. The second kappa shape index (κ2) is 5.33. The molecule has 98 valence electrons. The van der Waals surface area contributed by atoms with Crippen molar-refractivity contribution < 1.29 is 9.90 Å². The average Bonchev–Trinajstić information content (AvgIpc) is 2.28. The Morgan fingerprint density at radius 2 is 2.17 bits per heavy atom. The van der Waals surface area contributed by atoms with E-state index in [9.17, 15) is 4.79 Å². The normalized spacial score (nSPS) is 18.3. The Labute approximate surface area is 107 Å². The number of hydrogen-bond donors (Lipinski definition) is 2. The number of aryl methyl sites for hydroxylation is 1. The maximum Gasteiger partial charge on any atom is 0.305 e. The molecule has 1 heterocycles. The van der Waals surface area contributed by atoms with E-state index in [2.05, 4.69) is 15.3 Å². The molecule has 1 fully saturated rings. The fourth-order valence-corrected chi connectivity index (χ4v) is 2.61. The van der Waals surface area contributed by atoms with E-state index in [1.807, 2.05) is 13.0 Å². The lowest BCUT2D eigenvalue weighted by Gasteiger charge is -2.37. The molecule has 1 aliphatic carbocycles. The summed E-state index contributed by atoms with van der Waals surface area (Å²) in [6.45, 7) is 1.90. The number of hydrogen-bond acceptors (Lipinski definition) is 4. The molecule has 2 N–H and O–H groups in total. The number of carbonyl (C=O) groups is 1. The van der Waals surface area contributed by atoms with Crippen LogP contribution in [0.1, 0.15) is 44.2 Å². The lowest BCUT2D eigenvalue weighted by atomic mass is 9.79. The molecular formula is C13H19N3O2. The molecule has 18 heavy (non-hydrogen) atoms. The van der Waals surface area contributed by atoms with Gasteiger partial charge in [0, 0.05) is 11.9 Å². The number of nitrogens with zero attached hydrogens (tertiary/aromatic N) is 2. The van der Waals surface area contributed by atoms with Crippen molar-refractivity contribution in [2.75, 3.05) is 5.32 Å². The van der Waals surface area contributed by atoms with Crippen molar-refractivity contribution in [2.24, 2.45) is 0 Å². The molecule has 0 aromatic carbocycles. The van der Waals surface area contributed by atoms with Crippen molar-refractivity contribution in [1.29, 1.82) is 0 Å². The highest BCUT2D eigenvalue weighted by Gasteiger charge is 2.34. The molecule has 5 heteroatoms. The smallest absolute Gasteiger partial charge is 0.305 e. The quantitative estimate of drug-likeness (QED) is 0.856. The summed E-state index contributed by atoms with van der Waals surface area (Å²) < 4.78 is 0. The van der Waals surface area contributed by atoms with Crippen LogP contribution in [0.15, 0.2) is 12.3 Å². The summed E-state index contributed by atoms with van der Waals surface area (Å²) in [6.07, 6.45) is 6.87. The number of carboxylic acids is 1. The van der Waals surface area contributed by atoms with Gasteiger partial charge in [-0.05, 0) is 25.8 Å². The lowest BCUT2D eigenvalue weighted by molar-refractivity contribution is -0.138. The van der Waals surface area contributed by atoms with Gasteiger partial charge in [0.2, 0.25) is 5.95 Å². The van der Waals surface area contributed by atoms with E-state index in [-0.39, 0.29) is 12.0 Å². The third kappa shape index (κ3) is 3.18.